The van der Waals surface area contributed by atoms with Crippen LogP contribution in [0.15, 0.2) is 54.3 Å². The molecule has 0 amide bonds. The summed E-state index contributed by atoms with van der Waals surface area (Å²) < 4.78 is 16.3. The van der Waals surface area contributed by atoms with Crippen LogP contribution in [0.3, 0.4) is 0 Å². The minimum Gasteiger partial charge on any atom is -0.452 e. The summed E-state index contributed by atoms with van der Waals surface area (Å²) >= 11 is 0. The maximum absolute atomic E-state index is 12.4. The van der Waals surface area contributed by atoms with Gasteiger partial charge in [0.05, 0.1) is 5.56 Å². The first-order valence-corrected chi connectivity index (χ1v) is 8.17. The predicted octanol–water partition coefficient (Wildman–Crippen LogP) is 3.39. The van der Waals surface area contributed by atoms with Crippen LogP contribution in [0.1, 0.15) is 28.8 Å². The number of hydrogen-bond donors (Lipinski definition) is 0. The SMILES string of the molecule is O=C1/C(=C/c2ccccc2)Oc2cc(OC(=O)C3CCCO3)ccc21. The van der Waals surface area contributed by atoms with Gasteiger partial charge in [-0.1, -0.05) is 30.3 Å². The zero-order chi connectivity index (χ0) is 17.2. The number of fused-ring (bicyclic) bond motifs is 1. The largest absolute Gasteiger partial charge is 0.452 e. The second-order valence-electron chi connectivity index (χ2n) is 5.93. The molecule has 0 radical (unpaired) electrons. The molecule has 1 atom stereocenters. The van der Waals surface area contributed by atoms with Gasteiger partial charge in [0.1, 0.15) is 11.5 Å². The van der Waals surface area contributed by atoms with Crippen molar-refractivity contribution >= 4 is 17.8 Å². The Kier molecular flexibility index (Phi) is 4.07. The van der Waals surface area contributed by atoms with Gasteiger partial charge in [-0.05, 0) is 36.6 Å². The van der Waals surface area contributed by atoms with Crippen LogP contribution in [-0.2, 0) is 9.53 Å². The van der Waals surface area contributed by atoms with Crippen molar-refractivity contribution < 1.29 is 23.8 Å². The Morgan fingerprint density at radius 1 is 1.16 bits per heavy atom. The lowest BCUT2D eigenvalue weighted by molar-refractivity contribution is -0.144. The summed E-state index contributed by atoms with van der Waals surface area (Å²) in [5.41, 5.74) is 1.34. The third kappa shape index (κ3) is 3.19. The minimum atomic E-state index is -0.510. The van der Waals surface area contributed by atoms with Gasteiger partial charge in [0.15, 0.2) is 11.9 Å². The number of carbonyl (C=O) groups is 2. The van der Waals surface area contributed by atoms with Crippen LogP contribution in [0, 0.1) is 0 Å². The molecule has 1 fully saturated rings. The standard InChI is InChI=1S/C20H16O5/c21-19-15-9-8-14(24-20(22)16-7-4-10-23-16)12-17(15)25-18(19)11-13-5-2-1-3-6-13/h1-3,5-6,8-9,11-12,16H,4,7,10H2/b18-11-. The van der Waals surface area contributed by atoms with Gasteiger partial charge in [0.25, 0.3) is 0 Å². The van der Waals surface area contributed by atoms with Gasteiger partial charge >= 0.3 is 5.97 Å². The molecule has 0 spiro atoms. The van der Waals surface area contributed by atoms with E-state index >= 15 is 0 Å². The normalized spacial score (nSPS) is 20.4. The van der Waals surface area contributed by atoms with E-state index in [1.807, 2.05) is 30.3 Å². The van der Waals surface area contributed by atoms with E-state index in [0.717, 1.165) is 12.0 Å². The molecule has 0 saturated carbocycles. The Hall–Kier alpha value is -2.92. The summed E-state index contributed by atoms with van der Waals surface area (Å²) in [6.07, 6.45) is 2.71. The molecule has 1 unspecified atom stereocenters. The molecular formula is C20H16O5. The van der Waals surface area contributed by atoms with Crippen LogP contribution in [0.4, 0.5) is 0 Å². The van der Waals surface area contributed by atoms with Crippen molar-refractivity contribution in [3.8, 4) is 11.5 Å². The highest BCUT2D eigenvalue weighted by atomic mass is 16.6. The van der Waals surface area contributed by atoms with Gasteiger partial charge in [-0.15, -0.1) is 0 Å². The molecule has 0 aromatic heterocycles. The van der Waals surface area contributed by atoms with Gasteiger partial charge in [-0.3, -0.25) is 4.79 Å². The predicted molar refractivity (Wildman–Crippen MR) is 90.4 cm³/mol. The number of ether oxygens (including phenoxy) is 3. The van der Waals surface area contributed by atoms with Gasteiger partial charge in [-0.25, -0.2) is 4.79 Å². The summed E-state index contributed by atoms with van der Waals surface area (Å²) in [4.78, 5) is 24.4. The van der Waals surface area contributed by atoms with Gasteiger partial charge in [-0.2, -0.15) is 0 Å². The van der Waals surface area contributed by atoms with Crippen LogP contribution in [0.25, 0.3) is 6.08 Å². The highest BCUT2D eigenvalue weighted by molar-refractivity contribution is 6.14. The van der Waals surface area contributed by atoms with E-state index in [4.69, 9.17) is 14.2 Å². The fourth-order valence-corrected chi connectivity index (χ4v) is 2.88. The summed E-state index contributed by atoms with van der Waals surface area (Å²) in [6.45, 7) is 0.579. The smallest absolute Gasteiger partial charge is 0.340 e. The summed E-state index contributed by atoms with van der Waals surface area (Å²) in [6, 6.07) is 14.2. The molecule has 0 N–H and O–H groups in total. The Bertz CT molecular complexity index is 848. The van der Waals surface area contributed by atoms with Gasteiger partial charge < -0.3 is 14.2 Å². The lowest BCUT2D eigenvalue weighted by Gasteiger charge is -2.09. The van der Waals surface area contributed by atoms with Crippen molar-refractivity contribution in [1.82, 2.24) is 0 Å². The first-order chi connectivity index (χ1) is 12.2. The molecule has 2 aliphatic rings. The quantitative estimate of drug-likeness (QED) is 0.488. The van der Waals surface area contributed by atoms with E-state index < -0.39 is 12.1 Å². The van der Waals surface area contributed by atoms with Crippen LogP contribution in [0.5, 0.6) is 11.5 Å². The maximum atomic E-state index is 12.4. The lowest BCUT2D eigenvalue weighted by Crippen LogP contribution is -2.24. The van der Waals surface area contributed by atoms with Crippen molar-refractivity contribution in [3.05, 3.63) is 65.4 Å². The number of esters is 1. The van der Waals surface area contributed by atoms with Crippen molar-refractivity contribution in [3.63, 3.8) is 0 Å². The van der Waals surface area contributed by atoms with Crippen LogP contribution in [0.2, 0.25) is 0 Å². The number of allylic oxidation sites excluding steroid dienone is 1. The average Bonchev–Trinajstić information content (AvgIpc) is 3.25. The van der Waals surface area contributed by atoms with E-state index in [1.54, 1.807) is 24.3 Å². The van der Waals surface area contributed by atoms with Gasteiger partial charge in [0, 0.05) is 12.7 Å². The molecular weight excluding hydrogens is 320 g/mol. The molecule has 0 aliphatic carbocycles. The minimum absolute atomic E-state index is 0.184. The molecule has 25 heavy (non-hydrogen) atoms. The van der Waals surface area contributed by atoms with Crippen molar-refractivity contribution in [2.24, 2.45) is 0 Å². The monoisotopic (exact) mass is 336 g/mol. The first-order valence-electron chi connectivity index (χ1n) is 8.17. The summed E-state index contributed by atoms with van der Waals surface area (Å²) in [7, 11) is 0. The number of benzene rings is 2. The van der Waals surface area contributed by atoms with E-state index in [0.29, 0.717) is 30.1 Å². The second-order valence-corrected chi connectivity index (χ2v) is 5.93. The second kappa shape index (κ2) is 6.53. The van der Waals surface area contributed by atoms with Crippen molar-refractivity contribution in [2.45, 2.75) is 18.9 Å². The maximum Gasteiger partial charge on any atom is 0.340 e. The summed E-state index contributed by atoms with van der Waals surface area (Å²) in [5, 5.41) is 0. The fourth-order valence-electron chi connectivity index (χ4n) is 2.88. The van der Waals surface area contributed by atoms with Crippen molar-refractivity contribution in [2.75, 3.05) is 6.61 Å². The Morgan fingerprint density at radius 2 is 2.00 bits per heavy atom. The van der Waals surface area contributed by atoms with E-state index in [2.05, 4.69) is 0 Å². The van der Waals surface area contributed by atoms with Crippen molar-refractivity contribution in [1.29, 1.82) is 0 Å². The average molecular weight is 336 g/mol. The third-order valence-electron chi connectivity index (χ3n) is 4.15. The highest BCUT2D eigenvalue weighted by Gasteiger charge is 2.29. The molecule has 2 aromatic rings. The summed E-state index contributed by atoms with van der Waals surface area (Å²) in [5.74, 6) is 0.388. The number of carbonyl (C=O) groups excluding carboxylic acids is 2. The number of Topliss-reactive ketones (excluding diaryl/α,β-unsaturated/α-hetero) is 1. The molecule has 2 aliphatic heterocycles. The van der Waals surface area contributed by atoms with E-state index in [9.17, 15) is 9.59 Å². The molecule has 126 valence electrons. The molecule has 2 heterocycles. The van der Waals surface area contributed by atoms with Crippen LogP contribution >= 0.6 is 0 Å². The molecule has 4 rings (SSSR count). The number of rotatable bonds is 3. The zero-order valence-corrected chi connectivity index (χ0v) is 13.4. The third-order valence-corrected chi connectivity index (χ3v) is 4.15. The Balaban J connectivity index is 1.53. The fraction of sp³-hybridized carbons (Fsp3) is 0.200. The highest BCUT2D eigenvalue weighted by Crippen LogP contribution is 2.35. The van der Waals surface area contributed by atoms with E-state index in [-0.39, 0.29) is 11.5 Å². The first kappa shape index (κ1) is 15.6. The van der Waals surface area contributed by atoms with E-state index in [1.165, 1.54) is 0 Å². The molecule has 2 aromatic carbocycles. The lowest BCUT2D eigenvalue weighted by atomic mass is 10.1. The van der Waals surface area contributed by atoms with Crippen LogP contribution < -0.4 is 9.47 Å². The molecule has 5 heteroatoms. The molecule has 1 saturated heterocycles. The molecule has 5 nitrogen and oxygen atoms in total. The topological polar surface area (TPSA) is 61.8 Å². The van der Waals surface area contributed by atoms with Crippen LogP contribution in [-0.4, -0.2) is 24.5 Å². The number of hydrogen-bond acceptors (Lipinski definition) is 5. The van der Waals surface area contributed by atoms with Gasteiger partial charge in [0.2, 0.25) is 5.78 Å². The zero-order valence-electron chi connectivity index (χ0n) is 13.4. The Morgan fingerprint density at radius 3 is 2.76 bits per heavy atom. The Labute approximate surface area is 144 Å². The number of ketones is 1. The molecule has 0 bridgehead atoms.